The zero-order valence-electron chi connectivity index (χ0n) is 15.0. The van der Waals surface area contributed by atoms with Gasteiger partial charge in [0.15, 0.2) is 0 Å². The van der Waals surface area contributed by atoms with Crippen molar-refractivity contribution >= 4 is 10.9 Å². The van der Waals surface area contributed by atoms with Gasteiger partial charge >= 0.3 is 0 Å². The first-order chi connectivity index (χ1) is 11.4. The highest BCUT2D eigenvalue weighted by Gasteiger charge is 2.11. The number of hydrogen-bond acceptors (Lipinski definition) is 2. The zero-order chi connectivity index (χ0) is 17.4. The van der Waals surface area contributed by atoms with Crippen molar-refractivity contribution in [1.82, 2.24) is 14.9 Å². The van der Waals surface area contributed by atoms with Crippen LogP contribution in [-0.4, -0.2) is 9.55 Å². The van der Waals surface area contributed by atoms with E-state index in [0.717, 1.165) is 18.8 Å². The van der Waals surface area contributed by atoms with Crippen LogP contribution >= 0.6 is 0 Å². The second-order valence-electron chi connectivity index (χ2n) is 6.64. The Balaban J connectivity index is 1.82. The Morgan fingerprint density at radius 1 is 1.08 bits per heavy atom. The third kappa shape index (κ3) is 2.72. The van der Waals surface area contributed by atoms with Crippen LogP contribution in [0.3, 0.4) is 0 Å². The first kappa shape index (κ1) is 16.4. The number of benzene rings is 1. The summed E-state index contributed by atoms with van der Waals surface area (Å²) in [4.78, 5) is 3.52. The minimum Gasteiger partial charge on any atom is -0.358 e. The normalized spacial score (nSPS) is 11.2. The molecule has 2 heterocycles. The quantitative estimate of drug-likeness (QED) is 0.766. The molecule has 0 atom stereocenters. The molecule has 0 spiro atoms. The summed E-state index contributed by atoms with van der Waals surface area (Å²) < 4.78 is 1.94. The van der Waals surface area contributed by atoms with Gasteiger partial charge in [0, 0.05) is 36.9 Å². The van der Waals surface area contributed by atoms with Crippen LogP contribution in [0.15, 0.2) is 18.2 Å². The largest absolute Gasteiger partial charge is 0.358 e. The molecule has 0 radical (unpaired) electrons. The van der Waals surface area contributed by atoms with Crippen LogP contribution in [0, 0.1) is 39.0 Å². The van der Waals surface area contributed by atoms with Gasteiger partial charge in [-0.05, 0) is 56.5 Å². The van der Waals surface area contributed by atoms with Gasteiger partial charge in [-0.2, -0.15) is 5.26 Å². The molecule has 3 rings (SSSR count). The Bertz CT molecular complexity index is 951. The predicted octanol–water partition coefficient (Wildman–Crippen LogP) is 3.90. The van der Waals surface area contributed by atoms with E-state index in [1.807, 2.05) is 17.7 Å². The number of aromatic nitrogens is 2. The van der Waals surface area contributed by atoms with Crippen LogP contribution in [-0.2, 0) is 20.1 Å². The summed E-state index contributed by atoms with van der Waals surface area (Å²) in [5.74, 6) is 0. The van der Waals surface area contributed by atoms with E-state index in [2.05, 4.69) is 56.2 Å². The lowest BCUT2D eigenvalue weighted by Crippen LogP contribution is -2.13. The summed E-state index contributed by atoms with van der Waals surface area (Å²) in [5.41, 5.74) is 9.38. The molecule has 0 amide bonds. The minimum atomic E-state index is 0.706. The number of aryl methyl sites for hydroxylation is 3. The van der Waals surface area contributed by atoms with Gasteiger partial charge < -0.3 is 14.9 Å². The highest BCUT2D eigenvalue weighted by molar-refractivity contribution is 5.87. The molecule has 4 heteroatoms. The Morgan fingerprint density at radius 2 is 1.79 bits per heavy atom. The van der Waals surface area contributed by atoms with Gasteiger partial charge in [0.25, 0.3) is 0 Å². The topological polar surface area (TPSA) is 56.5 Å². The van der Waals surface area contributed by atoms with Gasteiger partial charge in [-0.25, -0.2) is 0 Å². The molecule has 2 aromatic heterocycles. The van der Waals surface area contributed by atoms with Crippen LogP contribution in [0.25, 0.3) is 10.9 Å². The smallest absolute Gasteiger partial charge is 0.120 e. The molecule has 0 aliphatic carbocycles. The molecular weight excluding hydrogens is 296 g/mol. The second-order valence-corrected chi connectivity index (χ2v) is 6.64. The van der Waals surface area contributed by atoms with Crippen molar-refractivity contribution in [3.63, 3.8) is 0 Å². The highest BCUT2D eigenvalue weighted by Crippen LogP contribution is 2.26. The molecule has 3 aromatic rings. The van der Waals surface area contributed by atoms with E-state index in [9.17, 15) is 0 Å². The fourth-order valence-electron chi connectivity index (χ4n) is 3.31. The van der Waals surface area contributed by atoms with Crippen LogP contribution in [0.4, 0.5) is 0 Å². The van der Waals surface area contributed by atoms with Crippen molar-refractivity contribution in [1.29, 1.82) is 5.26 Å². The van der Waals surface area contributed by atoms with E-state index in [1.54, 1.807) is 0 Å². The van der Waals surface area contributed by atoms with Crippen molar-refractivity contribution in [3.8, 4) is 6.07 Å². The van der Waals surface area contributed by atoms with Crippen molar-refractivity contribution < 1.29 is 0 Å². The summed E-state index contributed by atoms with van der Waals surface area (Å²) >= 11 is 0. The van der Waals surface area contributed by atoms with Crippen LogP contribution in [0.2, 0.25) is 0 Å². The second kappa shape index (κ2) is 6.18. The average molecular weight is 320 g/mol. The van der Waals surface area contributed by atoms with Crippen LogP contribution < -0.4 is 5.32 Å². The molecule has 0 fully saturated rings. The molecule has 124 valence electrons. The molecule has 4 nitrogen and oxygen atoms in total. The first-order valence-corrected chi connectivity index (χ1v) is 8.26. The fraction of sp³-hybridized carbons (Fsp3) is 0.350. The lowest BCUT2D eigenvalue weighted by Gasteiger charge is -2.08. The molecule has 0 aliphatic rings. The fourth-order valence-corrected chi connectivity index (χ4v) is 3.31. The van der Waals surface area contributed by atoms with E-state index in [4.69, 9.17) is 5.26 Å². The molecule has 0 aliphatic heterocycles. The predicted molar refractivity (Wildman–Crippen MR) is 97.9 cm³/mol. The molecule has 0 bridgehead atoms. The van der Waals surface area contributed by atoms with Gasteiger partial charge in [0.1, 0.15) is 11.8 Å². The maximum atomic E-state index is 9.14. The molecular formula is C20H24N4. The van der Waals surface area contributed by atoms with Gasteiger partial charge in [0.2, 0.25) is 0 Å². The number of nitriles is 1. The maximum Gasteiger partial charge on any atom is 0.120 e. The number of aromatic amines is 1. The average Bonchev–Trinajstić information content (AvgIpc) is 2.99. The van der Waals surface area contributed by atoms with Crippen LogP contribution in [0.5, 0.6) is 0 Å². The highest BCUT2D eigenvalue weighted by atomic mass is 15.0. The Hall–Kier alpha value is -2.51. The molecule has 0 saturated carbocycles. The Morgan fingerprint density at radius 3 is 2.46 bits per heavy atom. The maximum absolute atomic E-state index is 9.14. The third-order valence-electron chi connectivity index (χ3n) is 5.03. The molecule has 1 aromatic carbocycles. The van der Waals surface area contributed by atoms with E-state index < -0.39 is 0 Å². The van der Waals surface area contributed by atoms with Gasteiger partial charge in [-0.15, -0.1) is 0 Å². The molecule has 0 saturated heterocycles. The van der Waals surface area contributed by atoms with E-state index >= 15 is 0 Å². The number of nitrogens with zero attached hydrogens (tertiary/aromatic N) is 2. The summed E-state index contributed by atoms with van der Waals surface area (Å²) in [6, 6.07) is 8.69. The number of hydrogen-bond donors (Lipinski definition) is 2. The molecule has 2 N–H and O–H groups in total. The summed E-state index contributed by atoms with van der Waals surface area (Å²) in [7, 11) is 1.94. The first-order valence-electron chi connectivity index (χ1n) is 8.26. The van der Waals surface area contributed by atoms with E-state index in [1.165, 1.54) is 38.9 Å². The Labute approximate surface area is 143 Å². The van der Waals surface area contributed by atoms with E-state index in [-0.39, 0.29) is 0 Å². The number of H-pyrrole nitrogens is 1. The molecule has 24 heavy (non-hydrogen) atoms. The summed E-state index contributed by atoms with van der Waals surface area (Å²) in [6.45, 7) is 10.1. The summed E-state index contributed by atoms with van der Waals surface area (Å²) in [5, 5.41) is 14.0. The standard InChI is InChI=1S/C20H24N4/c1-12-6-17(20-19(7-12)13(2)14(3)23-20)11-22-10-16-8-18(9-21)24(5)15(16)4/h6-8,22-23H,10-11H2,1-5H3. The van der Waals surface area contributed by atoms with Crippen molar-refractivity contribution in [2.24, 2.45) is 7.05 Å². The van der Waals surface area contributed by atoms with Crippen molar-refractivity contribution in [3.05, 3.63) is 57.5 Å². The lowest BCUT2D eigenvalue weighted by molar-refractivity contribution is 0.689. The molecule has 0 unspecified atom stereocenters. The van der Waals surface area contributed by atoms with Gasteiger partial charge in [-0.3, -0.25) is 0 Å². The monoisotopic (exact) mass is 320 g/mol. The summed E-state index contributed by atoms with van der Waals surface area (Å²) in [6.07, 6.45) is 0. The van der Waals surface area contributed by atoms with Crippen molar-refractivity contribution in [2.75, 3.05) is 0 Å². The Kier molecular flexibility index (Phi) is 4.21. The lowest BCUT2D eigenvalue weighted by atomic mass is 10.0. The number of nitrogens with one attached hydrogen (secondary N) is 2. The SMILES string of the molecule is Cc1cc(CNCc2cc(C#N)n(C)c2C)c2[nH]c(C)c(C)c2c1. The van der Waals surface area contributed by atoms with Gasteiger partial charge in [0.05, 0.1) is 5.52 Å². The zero-order valence-corrected chi connectivity index (χ0v) is 15.0. The van der Waals surface area contributed by atoms with E-state index in [0.29, 0.717) is 5.69 Å². The number of rotatable bonds is 4. The van der Waals surface area contributed by atoms with Gasteiger partial charge in [-0.1, -0.05) is 11.6 Å². The number of fused-ring (bicyclic) bond motifs is 1. The van der Waals surface area contributed by atoms with Crippen LogP contribution in [0.1, 0.15) is 39.3 Å². The third-order valence-corrected chi connectivity index (χ3v) is 5.03. The van der Waals surface area contributed by atoms with Crippen molar-refractivity contribution in [2.45, 2.75) is 40.8 Å². The minimum absolute atomic E-state index is 0.706.